The lowest BCUT2D eigenvalue weighted by Gasteiger charge is -2.07. The summed E-state index contributed by atoms with van der Waals surface area (Å²) in [6, 6.07) is 16.8. The Hall–Kier alpha value is -2.81. The average molecular weight is 472 g/mol. The minimum absolute atomic E-state index is 0.0666. The number of H-pyrrole nitrogens is 1. The van der Waals surface area contributed by atoms with Gasteiger partial charge in [-0.25, -0.2) is 22.9 Å². The van der Waals surface area contributed by atoms with E-state index in [4.69, 9.17) is 5.14 Å². The fraction of sp³-hybridized carbons (Fsp3) is 0. The van der Waals surface area contributed by atoms with E-state index in [-0.39, 0.29) is 10.7 Å². The number of fused-ring (bicyclic) bond motifs is 1. The average Bonchev–Trinajstić information content (AvgIpc) is 3.10. The summed E-state index contributed by atoms with van der Waals surface area (Å²) < 4.78 is 37.5. The number of nitrogens with two attached hydrogens (primary N) is 1. The molecule has 1 heterocycles. The highest BCUT2D eigenvalue weighted by Gasteiger charge is 2.15. The van der Waals surface area contributed by atoms with Gasteiger partial charge in [-0.15, -0.1) is 0 Å². The molecule has 0 unspecified atom stereocenters. The Balaban J connectivity index is 1.70. The Morgan fingerprint density at radius 1 is 1.03 bits per heavy atom. The molecule has 8 heteroatoms. The zero-order valence-electron chi connectivity index (χ0n) is 14.9. The maximum absolute atomic E-state index is 13.3. The van der Waals surface area contributed by atoms with Crippen molar-refractivity contribution in [1.29, 1.82) is 0 Å². The maximum Gasteiger partial charge on any atom is 0.238 e. The van der Waals surface area contributed by atoms with Crippen LogP contribution < -0.4 is 5.14 Å². The summed E-state index contributed by atoms with van der Waals surface area (Å²) in [5, 5.41) is 5.34. The molecule has 0 atom stereocenters. The van der Waals surface area contributed by atoms with Crippen molar-refractivity contribution in [3.63, 3.8) is 0 Å². The molecule has 4 rings (SSSR count). The van der Waals surface area contributed by atoms with Crippen molar-refractivity contribution in [1.82, 2.24) is 9.97 Å². The minimum Gasteiger partial charge on any atom is -0.338 e. The highest BCUT2D eigenvalue weighted by atomic mass is 79.9. The van der Waals surface area contributed by atoms with Crippen molar-refractivity contribution in [2.24, 2.45) is 5.14 Å². The number of hydrogen-bond acceptors (Lipinski definition) is 3. The molecule has 5 nitrogen and oxygen atoms in total. The number of imidazole rings is 1. The Bertz CT molecular complexity index is 1360. The number of hydrogen-bond donors (Lipinski definition) is 2. The van der Waals surface area contributed by atoms with Gasteiger partial charge in [-0.2, -0.15) is 0 Å². The zero-order valence-corrected chi connectivity index (χ0v) is 17.3. The molecule has 1 aromatic heterocycles. The molecular formula is C21H15BrFN3O2S. The molecule has 0 aliphatic heterocycles. The van der Waals surface area contributed by atoms with Crippen molar-refractivity contribution < 1.29 is 12.8 Å². The van der Waals surface area contributed by atoms with E-state index in [0.29, 0.717) is 26.9 Å². The number of rotatable bonds is 4. The van der Waals surface area contributed by atoms with Crippen molar-refractivity contribution >= 4 is 49.1 Å². The molecule has 3 N–H and O–H groups in total. The lowest BCUT2D eigenvalue weighted by molar-refractivity contribution is 0.598. The fourth-order valence-corrected chi connectivity index (χ4v) is 4.17. The van der Waals surface area contributed by atoms with E-state index in [1.54, 1.807) is 36.4 Å². The lowest BCUT2D eigenvalue weighted by atomic mass is 10.1. The molecule has 0 saturated carbocycles. The topological polar surface area (TPSA) is 88.8 Å². The fourth-order valence-electron chi connectivity index (χ4n) is 3.02. The summed E-state index contributed by atoms with van der Waals surface area (Å²) in [6.45, 7) is 0. The molecule has 0 spiro atoms. The van der Waals surface area contributed by atoms with Crippen LogP contribution in [0.2, 0.25) is 0 Å². The molecule has 0 saturated heterocycles. The van der Waals surface area contributed by atoms with Gasteiger partial charge in [0.05, 0.1) is 20.4 Å². The first-order chi connectivity index (χ1) is 13.8. The van der Waals surface area contributed by atoms with Gasteiger partial charge in [-0.05, 0) is 63.5 Å². The van der Waals surface area contributed by atoms with Gasteiger partial charge in [0.15, 0.2) is 0 Å². The molecular weight excluding hydrogens is 457 g/mol. The van der Waals surface area contributed by atoms with Crippen molar-refractivity contribution in [2.75, 3.05) is 0 Å². The summed E-state index contributed by atoms with van der Waals surface area (Å²) in [6.07, 6.45) is 3.61. The molecule has 0 amide bonds. The molecule has 3 aromatic carbocycles. The van der Waals surface area contributed by atoms with Gasteiger partial charge in [-0.1, -0.05) is 36.4 Å². The first-order valence-electron chi connectivity index (χ1n) is 8.56. The van der Waals surface area contributed by atoms with Crippen LogP contribution in [-0.2, 0) is 10.0 Å². The number of aromatic amines is 1. The van der Waals surface area contributed by atoms with Gasteiger partial charge in [0, 0.05) is 5.56 Å². The van der Waals surface area contributed by atoms with Crippen LogP contribution in [0.3, 0.4) is 0 Å². The third kappa shape index (κ3) is 4.14. The number of halogens is 2. The Kier molecular flexibility index (Phi) is 5.08. The van der Waals surface area contributed by atoms with Crippen LogP contribution in [0, 0.1) is 5.82 Å². The quantitative estimate of drug-likeness (QED) is 0.441. The van der Waals surface area contributed by atoms with Crippen molar-refractivity contribution in [3.05, 3.63) is 82.3 Å². The Morgan fingerprint density at radius 3 is 2.59 bits per heavy atom. The summed E-state index contributed by atoms with van der Waals surface area (Å²) in [7, 11) is -3.85. The van der Waals surface area contributed by atoms with Gasteiger partial charge >= 0.3 is 0 Å². The second-order valence-corrected chi connectivity index (χ2v) is 8.79. The number of nitrogens with zero attached hydrogens (tertiary/aromatic N) is 1. The molecule has 0 radical (unpaired) electrons. The maximum atomic E-state index is 13.3. The number of sulfonamides is 1. The van der Waals surface area contributed by atoms with Crippen LogP contribution in [-0.4, -0.2) is 18.4 Å². The van der Waals surface area contributed by atoms with Crippen LogP contribution in [0.1, 0.15) is 11.4 Å². The molecule has 0 aliphatic rings. The van der Waals surface area contributed by atoms with Crippen molar-refractivity contribution in [2.45, 2.75) is 4.90 Å². The van der Waals surface area contributed by atoms with Gasteiger partial charge in [0.25, 0.3) is 0 Å². The third-order valence-electron chi connectivity index (χ3n) is 4.38. The molecule has 29 heavy (non-hydrogen) atoms. The highest BCUT2D eigenvalue weighted by Crippen LogP contribution is 2.29. The predicted octanol–water partition coefficient (Wildman–Crippen LogP) is 4.95. The second-order valence-electron chi connectivity index (χ2n) is 6.40. The van der Waals surface area contributed by atoms with E-state index in [0.717, 1.165) is 11.1 Å². The molecule has 0 aliphatic carbocycles. The molecule has 0 bridgehead atoms. The summed E-state index contributed by atoms with van der Waals surface area (Å²) >= 11 is 3.17. The Labute approximate surface area is 175 Å². The zero-order chi connectivity index (χ0) is 20.6. The van der Waals surface area contributed by atoms with Crippen LogP contribution in [0.4, 0.5) is 4.39 Å². The van der Waals surface area contributed by atoms with E-state index in [1.807, 2.05) is 24.3 Å². The van der Waals surface area contributed by atoms with E-state index < -0.39 is 10.0 Å². The van der Waals surface area contributed by atoms with E-state index in [9.17, 15) is 12.8 Å². The van der Waals surface area contributed by atoms with Crippen LogP contribution in [0.15, 0.2) is 70.0 Å². The van der Waals surface area contributed by atoms with E-state index in [2.05, 4.69) is 25.9 Å². The molecule has 0 fully saturated rings. The van der Waals surface area contributed by atoms with E-state index in [1.165, 1.54) is 12.1 Å². The summed E-state index contributed by atoms with van der Waals surface area (Å²) in [5.41, 5.74) is 3.54. The number of benzene rings is 3. The van der Waals surface area contributed by atoms with Crippen molar-refractivity contribution in [3.8, 4) is 11.1 Å². The van der Waals surface area contributed by atoms with Crippen LogP contribution in [0.5, 0.6) is 0 Å². The molecule has 4 aromatic rings. The number of aromatic nitrogens is 2. The first kappa shape index (κ1) is 19.5. The van der Waals surface area contributed by atoms with Crippen LogP contribution >= 0.6 is 15.9 Å². The predicted molar refractivity (Wildman–Crippen MR) is 116 cm³/mol. The van der Waals surface area contributed by atoms with E-state index >= 15 is 0 Å². The normalized spacial score (nSPS) is 12.1. The highest BCUT2D eigenvalue weighted by molar-refractivity contribution is 9.10. The van der Waals surface area contributed by atoms with Gasteiger partial charge in [0.1, 0.15) is 11.6 Å². The second kappa shape index (κ2) is 7.55. The summed E-state index contributed by atoms with van der Waals surface area (Å²) in [5.74, 6) is 0.301. The monoisotopic (exact) mass is 471 g/mol. The SMILES string of the molecule is NS(=O)(=O)c1ccccc1-c1ccc2[nH]c(C=Cc3ccc(F)c(Br)c3)nc2c1. The first-order valence-corrected chi connectivity index (χ1v) is 10.9. The van der Waals surface area contributed by atoms with Crippen LogP contribution in [0.25, 0.3) is 34.3 Å². The summed E-state index contributed by atoms with van der Waals surface area (Å²) in [4.78, 5) is 7.79. The molecule has 146 valence electrons. The minimum atomic E-state index is -3.85. The van der Waals surface area contributed by atoms with Gasteiger partial charge in [0.2, 0.25) is 10.0 Å². The van der Waals surface area contributed by atoms with Gasteiger partial charge < -0.3 is 4.98 Å². The largest absolute Gasteiger partial charge is 0.338 e. The number of nitrogens with one attached hydrogen (secondary N) is 1. The number of primary sulfonamides is 1. The lowest BCUT2D eigenvalue weighted by Crippen LogP contribution is -2.13. The van der Waals surface area contributed by atoms with Gasteiger partial charge in [-0.3, -0.25) is 0 Å². The smallest absolute Gasteiger partial charge is 0.238 e. The standard InChI is InChI=1S/C21H15BrFN3O2S/c22-16-11-13(5-8-17(16)23)6-10-21-25-18-9-7-14(12-19(18)26-21)15-3-1-2-4-20(15)29(24,27)28/h1-12H,(H,25,26)(H2,24,27,28). The Morgan fingerprint density at radius 2 is 1.83 bits per heavy atom. The third-order valence-corrected chi connectivity index (χ3v) is 5.96.